The highest BCUT2D eigenvalue weighted by atomic mass is 35.5. The van der Waals surface area contributed by atoms with E-state index < -0.39 is 11.8 Å². The maximum absolute atomic E-state index is 13.4. The summed E-state index contributed by atoms with van der Waals surface area (Å²) in [6.07, 6.45) is 2.17. The molecule has 4 rings (SSSR count). The predicted octanol–water partition coefficient (Wildman–Crippen LogP) is 8.22. The fourth-order valence-electron chi connectivity index (χ4n) is 3.96. The van der Waals surface area contributed by atoms with Gasteiger partial charge in [0.05, 0.1) is 5.25 Å². The first-order valence-electron chi connectivity index (χ1n) is 13.2. The van der Waals surface area contributed by atoms with E-state index in [9.17, 15) is 14.4 Å². The highest BCUT2D eigenvalue weighted by Gasteiger charge is 2.20. The molecule has 0 saturated heterocycles. The Labute approximate surface area is 259 Å². The lowest BCUT2D eigenvalue weighted by atomic mass is 10.1. The van der Waals surface area contributed by atoms with Gasteiger partial charge in [0.1, 0.15) is 5.70 Å². The van der Waals surface area contributed by atoms with Gasteiger partial charge in [0.25, 0.3) is 11.8 Å². The van der Waals surface area contributed by atoms with Crippen molar-refractivity contribution in [2.75, 3.05) is 10.6 Å². The number of carbonyl (C=O) groups is 3. The Bertz CT molecular complexity index is 1610. The smallest absolute Gasteiger partial charge is 0.272 e. The Kier molecular flexibility index (Phi) is 10.8. The van der Waals surface area contributed by atoms with Crippen molar-refractivity contribution in [3.63, 3.8) is 0 Å². The van der Waals surface area contributed by atoms with Crippen molar-refractivity contribution in [1.29, 1.82) is 0 Å². The third-order valence-electron chi connectivity index (χ3n) is 6.27. The molecule has 0 radical (unpaired) electrons. The number of amides is 3. The lowest BCUT2D eigenvalue weighted by Gasteiger charge is -2.17. The SMILES string of the molecule is CCC(Sc1cccc(NC(=O)/C(=C\c2ccc(Cl)cc2)NC(=O)c2ccccc2)c1)C(=O)Nc1cccc(Cl)c1C. The van der Waals surface area contributed by atoms with Crippen molar-refractivity contribution in [2.24, 2.45) is 0 Å². The summed E-state index contributed by atoms with van der Waals surface area (Å²) in [5.41, 5.74) is 3.16. The molecule has 4 aromatic carbocycles. The Morgan fingerprint density at radius 2 is 1.57 bits per heavy atom. The normalized spacial score (nSPS) is 11.9. The number of nitrogens with one attached hydrogen (secondary N) is 3. The van der Waals surface area contributed by atoms with Crippen molar-refractivity contribution in [1.82, 2.24) is 5.32 Å². The van der Waals surface area contributed by atoms with E-state index in [2.05, 4.69) is 16.0 Å². The number of hydrogen-bond acceptors (Lipinski definition) is 4. The summed E-state index contributed by atoms with van der Waals surface area (Å²) in [6, 6.07) is 28.2. The fourth-order valence-corrected chi connectivity index (χ4v) is 5.27. The zero-order valence-corrected chi connectivity index (χ0v) is 25.3. The minimum absolute atomic E-state index is 0.0620. The molecule has 214 valence electrons. The van der Waals surface area contributed by atoms with Gasteiger partial charge >= 0.3 is 0 Å². The third kappa shape index (κ3) is 8.49. The largest absolute Gasteiger partial charge is 0.325 e. The third-order valence-corrected chi connectivity index (χ3v) is 8.29. The maximum atomic E-state index is 13.4. The van der Waals surface area contributed by atoms with Crippen LogP contribution in [0.25, 0.3) is 6.08 Å². The molecule has 1 atom stereocenters. The first-order valence-corrected chi connectivity index (χ1v) is 14.8. The zero-order valence-electron chi connectivity index (χ0n) is 23.0. The number of hydrogen-bond donors (Lipinski definition) is 3. The summed E-state index contributed by atoms with van der Waals surface area (Å²) in [4.78, 5) is 40.2. The van der Waals surface area contributed by atoms with Crippen molar-refractivity contribution in [2.45, 2.75) is 30.4 Å². The van der Waals surface area contributed by atoms with Crippen LogP contribution in [-0.2, 0) is 9.59 Å². The fraction of sp³-hybridized carbons (Fsp3) is 0.121. The second-order valence-electron chi connectivity index (χ2n) is 9.33. The van der Waals surface area contributed by atoms with E-state index in [4.69, 9.17) is 23.2 Å². The van der Waals surface area contributed by atoms with Crippen LogP contribution < -0.4 is 16.0 Å². The van der Waals surface area contributed by atoms with Crippen LogP contribution in [0, 0.1) is 6.92 Å². The Hall–Kier alpha value is -4.04. The minimum atomic E-state index is -0.502. The van der Waals surface area contributed by atoms with Crippen LogP contribution in [-0.4, -0.2) is 23.0 Å². The van der Waals surface area contributed by atoms with E-state index >= 15 is 0 Å². The molecule has 0 heterocycles. The van der Waals surface area contributed by atoms with E-state index in [-0.39, 0.29) is 16.9 Å². The quantitative estimate of drug-likeness (QED) is 0.124. The molecule has 1 unspecified atom stereocenters. The lowest BCUT2D eigenvalue weighted by molar-refractivity contribution is -0.116. The van der Waals surface area contributed by atoms with Gasteiger partial charge in [0.15, 0.2) is 0 Å². The van der Waals surface area contributed by atoms with Crippen LogP contribution in [0.3, 0.4) is 0 Å². The molecule has 0 fully saturated rings. The molecule has 0 aliphatic heterocycles. The highest BCUT2D eigenvalue weighted by molar-refractivity contribution is 8.00. The van der Waals surface area contributed by atoms with Gasteiger partial charge in [-0.25, -0.2) is 0 Å². The molecule has 0 bridgehead atoms. The molecule has 4 aromatic rings. The highest BCUT2D eigenvalue weighted by Crippen LogP contribution is 2.30. The number of rotatable bonds is 10. The molecule has 3 amide bonds. The first-order chi connectivity index (χ1) is 20.2. The van der Waals surface area contributed by atoms with E-state index in [0.29, 0.717) is 39.0 Å². The van der Waals surface area contributed by atoms with Crippen LogP contribution in [0.4, 0.5) is 11.4 Å². The Balaban J connectivity index is 1.50. The summed E-state index contributed by atoms with van der Waals surface area (Å²) in [7, 11) is 0. The van der Waals surface area contributed by atoms with Crippen LogP contribution >= 0.6 is 35.0 Å². The van der Waals surface area contributed by atoms with Gasteiger partial charge < -0.3 is 16.0 Å². The van der Waals surface area contributed by atoms with Crippen LogP contribution in [0.15, 0.2) is 108 Å². The van der Waals surface area contributed by atoms with Crippen molar-refractivity contribution < 1.29 is 14.4 Å². The molecule has 42 heavy (non-hydrogen) atoms. The average Bonchev–Trinajstić information content (AvgIpc) is 2.99. The molecule has 9 heteroatoms. The molecule has 0 saturated carbocycles. The topological polar surface area (TPSA) is 87.3 Å². The molecule has 0 spiro atoms. The molecule has 3 N–H and O–H groups in total. The predicted molar refractivity (Wildman–Crippen MR) is 173 cm³/mol. The molecular formula is C33H29Cl2N3O3S. The standard InChI is InChI=1S/C33H29Cl2N3O3S/c1-3-30(33(41)37-28-14-8-13-27(35)21(28)2)42-26-12-7-11-25(20-26)36-32(40)29(19-22-15-17-24(34)18-16-22)38-31(39)23-9-5-4-6-10-23/h4-20,30H,3H2,1-2H3,(H,36,40)(H,37,41)(H,38,39)/b29-19+. The summed E-state index contributed by atoms with van der Waals surface area (Å²) in [5, 5.41) is 9.34. The van der Waals surface area contributed by atoms with Crippen LogP contribution in [0.2, 0.25) is 10.0 Å². The summed E-state index contributed by atoms with van der Waals surface area (Å²) in [6.45, 7) is 3.80. The van der Waals surface area contributed by atoms with Crippen LogP contribution in [0.5, 0.6) is 0 Å². The number of carbonyl (C=O) groups excluding carboxylic acids is 3. The molecular weight excluding hydrogens is 589 g/mol. The van der Waals surface area contributed by atoms with Crippen molar-refractivity contribution >= 4 is 70.1 Å². The monoisotopic (exact) mass is 617 g/mol. The van der Waals surface area contributed by atoms with E-state index in [1.165, 1.54) is 11.8 Å². The Morgan fingerprint density at radius 1 is 0.857 bits per heavy atom. The van der Waals surface area contributed by atoms with Crippen molar-refractivity contribution in [3.05, 3.63) is 129 Å². The van der Waals surface area contributed by atoms with Gasteiger partial charge in [0, 0.05) is 31.9 Å². The van der Waals surface area contributed by atoms with E-state index in [1.807, 2.05) is 32.0 Å². The second kappa shape index (κ2) is 14.7. The number of benzene rings is 4. The summed E-state index contributed by atoms with van der Waals surface area (Å²) < 4.78 is 0. The van der Waals surface area contributed by atoms with Gasteiger partial charge in [-0.1, -0.05) is 72.6 Å². The zero-order chi connectivity index (χ0) is 30.1. The van der Waals surface area contributed by atoms with Gasteiger partial charge in [-0.05, 0) is 85.1 Å². The minimum Gasteiger partial charge on any atom is -0.325 e. The molecule has 0 aromatic heterocycles. The van der Waals surface area contributed by atoms with Gasteiger partial charge in [0.2, 0.25) is 5.91 Å². The van der Waals surface area contributed by atoms with Gasteiger partial charge in [-0.15, -0.1) is 11.8 Å². The summed E-state index contributed by atoms with van der Waals surface area (Å²) >= 11 is 13.6. The van der Waals surface area contributed by atoms with Crippen molar-refractivity contribution in [3.8, 4) is 0 Å². The molecule has 0 aliphatic carbocycles. The van der Waals surface area contributed by atoms with Gasteiger partial charge in [-0.2, -0.15) is 0 Å². The molecule has 0 aliphatic rings. The van der Waals surface area contributed by atoms with Gasteiger partial charge in [-0.3, -0.25) is 14.4 Å². The number of halogens is 2. The average molecular weight is 619 g/mol. The van der Waals surface area contributed by atoms with E-state index in [1.54, 1.807) is 84.9 Å². The lowest BCUT2D eigenvalue weighted by Crippen LogP contribution is -2.30. The number of anilines is 2. The second-order valence-corrected chi connectivity index (χ2v) is 11.4. The molecule has 6 nitrogen and oxygen atoms in total. The number of thioether (sulfide) groups is 1. The summed E-state index contributed by atoms with van der Waals surface area (Å²) in [5.74, 6) is -1.06. The first kappa shape index (κ1) is 30.9. The van der Waals surface area contributed by atoms with E-state index in [0.717, 1.165) is 10.5 Å². The Morgan fingerprint density at radius 3 is 2.29 bits per heavy atom. The van der Waals surface area contributed by atoms with Crippen LogP contribution in [0.1, 0.15) is 34.8 Å². The maximum Gasteiger partial charge on any atom is 0.272 e.